The van der Waals surface area contributed by atoms with Crippen molar-refractivity contribution in [3.05, 3.63) is 23.2 Å². The lowest BCUT2D eigenvalue weighted by molar-refractivity contribution is -0.119. The third-order valence-corrected chi connectivity index (χ3v) is 4.88. The SMILES string of the molecule is Nc1ccc(Cl)cc1NC(=O)C1CCS(=O)(=O)C1. The van der Waals surface area contributed by atoms with Crippen molar-refractivity contribution < 1.29 is 13.2 Å². The largest absolute Gasteiger partial charge is 0.397 e. The maximum absolute atomic E-state index is 11.9. The number of nitrogens with two attached hydrogens (primary N) is 1. The molecule has 98 valence electrons. The molecule has 1 fully saturated rings. The highest BCUT2D eigenvalue weighted by Crippen LogP contribution is 2.25. The standard InChI is InChI=1S/C11H13ClN2O3S/c12-8-1-2-9(13)10(5-8)14-11(15)7-3-4-18(16,17)6-7/h1-2,5,7H,3-4,6,13H2,(H,14,15). The number of rotatable bonds is 2. The van der Waals surface area contributed by atoms with Crippen LogP contribution >= 0.6 is 11.6 Å². The van der Waals surface area contributed by atoms with E-state index in [2.05, 4.69) is 5.32 Å². The lowest BCUT2D eigenvalue weighted by Crippen LogP contribution is -2.24. The minimum atomic E-state index is -3.07. The lowest BCUT2D eigenvalue weighted by atomic mass is 10.1. The lowest BCUT2D eigenvalue weighted by Gasteiger charge is -2.11. The van der Waals surface area contributed by atoms with Gasteiger partial charge in [0.1, 0.15) is 0 Å². The van der Waals surface area contributed by atoms with Crippen LogP contribution in [0.4, 0.5) is 11.4 Å². The fourth-order valence-corrected chi connectivity index (χ4v) is 3.79. The van der Waals surface area contributed by atoms with Crippen LogP contribution in [-0.2, 0) is 14.6 Å². The van der Waals surface area contributed by atoms with E-state index in [1.165, 1.54) is 6.07 Å². The smallest absolute Gasteiger partial charge is 0.228 e. The first-order chi connectivity index (χ1) is 8.37. The van der Waals surface area contributed by atoms with Crippen molar-refractivity contribution in [2.45, 2.75) is 6.42 Å². The number of carbonyl (C=O) groups excluding carboxylic acids is 1. The zero-order valence-corrected chi connectivity index (χ0v) is 11.1. The van der Waals surface area contributed by atoms with Crippen molar-refractivity contribution in [3.63, 3.8) is 0 Å². The number of halogens is 1. The highest BCUT2D eigenvalue weighted by molar-refractivity contribution is 7.91. The molecule has 1 aliphatic rings. The van der Waals surface area contributed by atoms with Crippen molar-refractivity contribution in [2.75, 3.05) is 22.6 Å². The summed E-state index contributed by atoms with van der Waals surface area (Å²) >= 11 is 5.80. The number of nitrogens with one attached hydrogen (secondary N) is 1. The van der Waals surface area contributed by atoms with E-state index in [-0.39, 0.29) is 17.4 Å². The van der Waals surface area contributed by atoms with Crippen LogP contribution in [0.2, 0.25) is 5.02 Å². The van der Waals surface area contributed by atoms with Gasteiger partial charge in [-0.25, -0.2) is 8.42 Å². The van der Waals surface area contributed by atoms with E-state index in [4.69, 9.17) is 17.3 Å². The third-order valence-electron chi connectivity index (χ3n) is 2.88. The fourth-order valence-electron chi connectivity index (χ4n) is 1.87. The second kappa shape index (κ2) is 4.78. The number of carbonyl (C=O) groups is 1. The van der Waals surface area contributed by atoms with Crippen molar-refractivity contribution in [2.24, 2.45) is 5.92 Å². The summed E-state index contributed by atoms with van der Waals surface area (Å²) < 4.78 is 22.6. The van der Waals surface area contributed by atoms with Gasteiger partial charge >= 0.3 is 0 Å². The number of benzene rings is 1. The van der Waals surface area contributed by atoms with E-state index in [0.29, 0.717) is 22.8 Å². The highest BCUT2D eigenvalue weighted by atomic mass is 35.5. The van der Waals surface area contributed by atoms with Gasteiger partial charge in [0.2, 0.25) is 5.91 Å². The zero-order chi connectivity index (χ0) is 13.3. The van der Waals surface area contributed by atoms with Gasteiger partial charge in [0.05, 0.1) is 28.8 Å². The molecular formula is C11H13ClN2O3S. The van der Waals surface area contributed by atoms with Crippen LogP contribution < -0.4 is 11.1 Å². The molecule has 0 aromatic heterocycles. The minimum Gasteiger partial charge on any atom is -0.397 e. The molecule has 0 saturated carbocycles. The Morgan fingerprint density at radius 1 is 1.44 bits per heavy atom. The first-order valence-electron chi connectivity index (χ1n) is 5.44. The van der Waals surface area contributed by atoms with Crippen LogP contribution in [-0.4, -0.2) is 25.8 Å². The molecular weight excluding hydrogens is 276 g/mol. The summed E-state index contributed by atoms with van der Waals surface area (Å²) in [5.74, 6) is -0.867. The summed E-state index contributed by atoms with van der Waals surface area (Å²) in [5.41, 5.74) is 6.51. The maximum Gasteiger partial charge on any atom is 0.228 e. The number of sulfone groups is 1. The molecule has 1 heterocycles. The van der Waals surface area contributed by atoms with Gasteiger partial charge in [-0.15, -0.1) is 0 Å². The van der Waals surface area contributed by atoms with Crippen molar-refractivity contribution >= 4 is 38.7 Å². The first kappa shape index (κ1) is 13.2. The van der Waals surface area contributed by atoms with Gasteiger partial charge in [0, 0.05) is 5.02 Å². The number of nitrogen functional groups attached to an aromatic ring is 1. The average molecular weight is 289 g/mol. The van der Waals surface area contributed by atoms with Gasteiger partial charge in [-0.1, -0.05) is 11.6 Å². The first-order valence-corrected chi connectivity index (χ1v) is 7.64. The van der Waals surface area contributed by atoms with E-state index in [9.17, 15) is 13.2 Å². The molecule has 1 saturated heterocycles. The summed E-state index contributed by atoms with van der Waals surface area (Å²) in [4.78, 5) is 11.9. The van der Waals surface area contributed by atoms with Gasteiger partial charge in [0.15, 0.2) is 9.84 Å². The van der Waals surface area contributed by atoms with Gasteiger partial charge in [0.25, 0.3) is 0 Å². The Balaban J connectivity index is 2.10. The molecule has 7 heteroatoms. The average Bonchev–Trinajstić information content (AvgIpc) is 2.64. The second-order valence-corrected chi connectivity index (χ2v) is 6.99. The molecule has 5 nitrogen and oxygen atoms in total. The Morgan fingerprint density at radius 3 is 2.78 bits per heavy atom. The number of hydrogen-bond donors (Lipinski definition) is 2. The van der Waals surface area contributed by atoms with Crippen LogP contribution in [0.15, 0.2) is 18.2 Å². The van der Waals surface area contributed by atoms with Gasteiger partial charge in [-0.3, -0.25) is 4.79 Å². The van der Waals surface area contributed by atoms with E-state index in [1.807, 2.05) is 0 Å². The summed E-state index contributed by atoms with van der Waals surface area (Å²) in [6.07, 6.45) is 0.356. The Labute approximate surface area is 110 Å². The fraction of sp³-hybridized carbons (Fsp3) is 0.364. The van der Waals surface area contributed by atoms with Crippen LogP contribution in [0, 0.1) is 5.92 Å². The van der Waals surface area contributed by atoms with E-state index in [0.717, 1.165) is 0 Å². The third kappa shape index (κ3) is 2.94. The Hall–Kier alpha value is -1.27. The highest BCUT2D eigenvalue weighted by Gasteiger charge is 2.33. The quantitative estimate of drug-likeness (QED) is 0.803. The maximum atomic E-state index is 11.9. The molecule has 1 amide bonds. The zero-order valence-electron chi connectivity index (χ0n) is 9.52. The summed E-state index contributed by atoms with van der Waals surface area (Å²) in [6.45, 7) is 0. The Kier molecular flexibility index (Phi) is 3.49. The van der Waals surface area contributed by atoms with Crippen LogP contribution in [0.3, 0.4) is 0 Å². The molecule has 1 unspecified atom stereocenters. The topological polar surface area (TPSA) is 89.3 Å². The number of anilines is 2. The van der Waals surface area contributed by atoms with E-state index >= 15 is 0 Å². The molecule has 0 spiro atoms. The second-order valence-electron chi connectivity index (χ2n) is 4.32. The minimum absolute atomic E-state index is 0.0656. The van der Waals surface area contributed by atoms with E-state index < -0.39 is 15.8 Å². The van der Waals surface area contributed by atoms with Gasteiger partial charge in [-0.05, 0) is 24.6 Å². The summed E-state index contributed by atoms with van der Waals surface area (Å²) in [6, 6.07) is 4.74. The van der Waals surface area contributed by atoms with Crippen molar-refractivity contribution in [1.29, 1.82) is 0 Å². The molecule has 1 aliphatic heterocycles. The Bertz CT molecular complexity index is 586. The monoisotopic (exact) mass is 288 g/mol. The molecule has 1 atom stereocenters. The van der Waals surface area contributed by atoms with Crippen LogP contribution in [0.5, 0.6) is 0 Å². The normalized spacial score (nSPS) is 21.7. The molecule has 18 heavy (non-hydrogen) atoms. The van der Waals surface area contributed by atoms with Crippen LogP contribution in [0.1, 0.15) is 6.42 Å². The van der Waals surface area contributed by atoms with Gasteiger partial charge in [-0.2, -0.15) is 0 Å². The Morgan fingerprint density at radius 2 is 2.17 bits per heavy atom. The molecule has 0 bridgehead atoms. The number of hydrogen-bond acceptors (Lipinski definition) is 4. The van der Waals surface area contributed by atoms with Crippen molar-refractivity contribution in [1.82, 2.24) is 0 Å². The number of amides is 1. The predicted molar refractivity (Wildman–Crippen MR) is 71.3 cm³/mol. The van der Waals surface area contributed by atoms with Crippen LogP contribution in [0.25, 0.3) is 0 Å². The van der Waals surface area contributed by atoms with Crippen molar-refractivity contribution in [3.8, 4) is 0 Å². The molecule has 1 aromatic carbocycles. The molecule has 0 aliphatic carbocycles. The predicted octanol–water partition coefficient (Wildman–Crippen LogP) is 1.30. The molecule has 2 rings (SSSR count). The molecule has 1 aromatic rings. The van der Waals surface area contributed by atoms with E-state index in [1.54, 1.807) is 12.1 Å². The molecule has 0 radical (unpaired) electrons. The summed E-state index contributed by atoms with van der Waals surface area (Å²) in [5, 5.41) is 3.07. The molecule has 3 N–H and O–H groups in total. The van der Waals surface area contributed by atoms with Gasteiger partial charge < -0.3 is 11.1 Å². The summed E-state index contributed by atoms with van der Waals surface area (Å²) in [7, 11) is -3.07.